The van der Waals surface area contributed by atoms with Crippen LogP contribution in [0.2, 0.25) is 0 Å². The Kier molecular flexibility index (Phi) is 5.54. The second-order valence-electron chi connectivity index (χ2n) is 7.01. The lowest BCUT2D eigenvalue weighted by Crippen LogP contribution is -2.61. The number of hydrogen-bond acceptors (Lipinski definition) is 4. The van der Waals surface area contributed by atoms with E-state index in [-0.39, 0.29) is 24.1 Å². The summed E-state index contributed by atoms with van der Waals surface area (Å²) in [5.74, 6) is 0.187. The van der Waals surface area contributed by atoms with Crippen LogP contribution in [-0.4, -0.2) is 65.8 Å². The molecule has 0 spiro atoms. The highest BCUT2D eigenvalue weighted by Gasteiger charge is 2.43. The normalized spacial score (nSPS) is 24.4. The Morgan fingerprint density at radius 3 is 2.67 bits per heavy atom. The van der Waals surface area contributed by atoms with E-state index in [1.807, 2.05) is 30.1 Å². The van der Waals surface area contributed by atoms with Crippen molar-refractivity contribution in [1.82, 2.24) is 9.80 Å². The fourth-order valence-corrected chi connectivity index (χ4v) is 3.94. The fraction of sp³-hybridized carbons (Fsp3) is 0.632. The molecule has 2 heterocycles. The van der Waals surface area contributed by atoms with E-state index >= 15 is 0 Å². The van der Waals surface area contributed by atoms with Crippen molar-refractivity contribution in [3.8, 4) is 0 Å². The molecular formula is C19H28N2O3. The zero-order valence-electron chi connectivity index (χ0n) is 14.5. The van der Waals surface area contributed by atoms with Gasteiger partial charge in [-0.1, -0.05) is 30.3 Å². The van der Waals surface area contributed by atoms with Crippen LogP contribution in [0, 0.1) is 0 Å². The minimum Gasteiger partial charge on any atom is -0.394 e. The van der Waals surface area contributed by atoms with E-state index in [9.17, 15) is 9.90 Å². The summed E-state index contributed by atoms with van der Waals surface area (Å²) in [6.07, 6.45) is 3.43. The van der Waals surface area contributed by atoms with Gasteiger partial charge in [0.2, 0.25) is 5.91 Å². The SMILES string of the molecule is CN(C1CCCN(Cc2ccccc2)C1=O)C1(CO)CCOCC1. The van der Waals surface area contributed by atoms with E-state index < -0.39 is 0 Å². The van der Waals surface area contributed by atoms with Gasteiger partial charge in [0.05, 0.1) is 12.6 Å². The average molecular weight is 332 g/mol. The predicted molar refractivity (Wildman–Crippen MR) is 92.5 cm³/mol. The van der Waals surface area contributed by atoms with Crippen molar-refractivity contribution in [3.63, 3.8) is 0 Å². The summed E-state index contributed by atoms with van der Waals surface area (Å²) < 4.78 is 5.46. The lowest BCUT2D eigenvalue weighted by molar-refractivity contribution is -0.147. The molecule has 0 radical (unpaired) electrons. The zero-order chi connectivity index (χ0) is 17.0. The number of aliphatic hydroxyl groups is 1. The molecule has 2 fully saturated rings. The van der Waals surface area contributed by atoms with Crippen molar-refractivity contribution in [2.45, 2.75) is 43.8 Å². The first-order valence-corrected chi connectivity index (χ1v) is 8.90. The van der Waals surface area contributed by atoms with Crippen LogP contribution >= 0.6 is 0 Å². The zero-order valence-corrected chi connectivity index (χ0v) is 14.5. The Hall–Kier alpha value is -1.43. The van der Waals surface area contributed by atoms with Gasteiger partial charge < -0.3 is 14.7 Å². The maximum atomic E-state index is 13.0. The number of carbonyl (C=O) groups excluding carboxylic acids is 1. The lowest BCUT2D eigenvalue weighted by Gasteiger charge is -2.48. The molecule has 1 amide bonds. The average Bonchev–Trinajstić information content (AvgIpc) is 2.64. The van der Waals surface area contributed by atoms with Crippen molar-refractivity contribution in [1.29, 1.82) is 0 Å². The number of hydrogen-bond donors (Lipinski definition) is 1. The summed E-state index contributed by atoms with van der Waals surface area (Å²) in [6, 6.07) is 10.00. The molecule has 0 bridgehead atoms. The first-order chi connectivity index (χ1) is 11.7. The van der Waals surface area contributed by atoms with Crippen LogP contribution in [0.3, 0.4) is 0 Å². The highest BCUT2D eigenvalue weighted by molar-refractivity contribution is 5.82. The van der Waals surface area contributed by atoms with Crippen LogP contribution in [0.15, 0.2) is 30.3 Å². The van der Waals surface area contributed by atoms with Crippen LogP contribution < -0.4 is 0 Å². The van der Waals surface area contributed by atoms with E-state index in [1.54, 1.807) is 0 Å². The summed E-state index contributed by atoms with van der Waals surface area (Å²) >= 11 is 0. The quantitative estimate of drug-likeness (QED) is 0.891. The Morgan fingerprint density at radius 1 is 1.29 bits per heavy atom. The number of amides is 1. The summed E-state index contributed by atoms with van der Waals surface area (Å²) in [6.45, 7) is 2.86. The van der Waals surface area contributed by atoms with Crippen molar-refractivity contribution < 1.29 is 14.6 Å². The third-order valence-electron chi connectivity index (χ3n) is 5.65. The molecule has 2 saturated heterocycles. The van der Waals surface area contributed by atoms with Crippen molar-refractivity contribution in [2.75, 3.05) is 33.4 Å². The van der Waals surface area contributed by atoms with E-state index in [1.165, 1.54) is 0 Å². The molecule has 2 aliphatic rings. The topological polar surface area (TPSA) is 53.0 Å². The van der Waals surface area contributed by atoms with Gasteiger partial charge >= 0.3 is 0 Å². The summed E-state index contributed by atoms with van der Waals surface area (Å²) in [5.41, 5.74) is 0.839. The number of nitrogens with zero attached hydrogens (tertiary/aromatic N) is 2. The van der Waals surface area contributed by atoms with Crippen LogP contribution in [-0.2, 0) is 16.1 Å². The van der Waals surface area contributed by atoms with Crippen LogP contribution in [0.5, 0.6) is 0 Å². The molecule has 0 saturated carbocycles. The first-order valence-electron chi connectivity index (χ1n) is 8.90. The molecule has 132 valence electrons. The molecule has 1 atom stereocenters. The van der Waals surface area contributed by atoms with Crippen LogP contribution in [0.1, 0.15) is 31.2 Å². The molecule has 0 aromatic heterocycles. The van der Waals surface area contributed by atoms with Gasteiger partial charge in [-0.15, -0.1) is 0 Å². The minimum absolute atomic E-state index is 0.0787. The van der Waals surface area contributed by atoms with Gasteiger partial charge in [-0.25, -0.2) is 0 Å². The molecule has 1 aromatic rings. The Balaban J connectivity index is 1.72. The number of likely N-dealkylation sites (tertiary alicyclic amines) is 1. The molecule has 1 aromatic carbocycles. The highest BCUT2D eigenvalue weighted by Crippen LogP contribution is 2.31. The van der Waals surface area contributed by atoms with Gasteiger partial charge in [-0.05, 0) is 38.3 Å². The minimum atomic E-state index is -0.325. The molecule has 1 unspecified atom stereocenters. The number of likely N-dealkylation sites (N-methyl/N-ethyl adjacent to an activating group) is 1. The lowest BCUT2D eigenvalue weighted by atomic mass is 9.86. The smallest absolute Gasteiger partial charge is 0.240 e. The van der Waals surface area contributed by atoms with Crippen LogP contribution in [0.25, 0.3) is 0 Å². The molecule has 0 aliphatic carbocycles. The Morgan fingerprint density at radius 2 is 2.00 bits per heavy atom. The molecular weight excluding hydrogens is 304 g/mol. The standard InChI is InChI=1S/C19H28N2O3/c1-20(19(15-22)9-12-24-13-10-19)17-8-5-11-21(18(17)23)14-16-6-3-2-4-7-16/h2-4,6-7,17,22H,5,8-15H2,1H3. The largest absolute Gasteiger partial charge is 0.394 e. The number of aliphatic hydroxyl groups excluding tert-OH is 1. The summed E-state index contributed by atoms with van der Waals surface area (Å²) in [5, 5.41) is 10.0. The van der Waals surface area contributed by atoms with Gasteiger partial charge in [0, 0.05) is 31.8 Å². The van der Waals surface area contributed by atoms with E-state index in [0.29, 0.717) is 19.8 Å². The molecule has 5 nitrogen and oxygen atoms in total. The van der Waals surface area contributed by atoms with Gasteiger partial charge in [-0.2, -0.15) is 0 Å². The maximum Gasteiger partial charge on any atom is 0.240 e. The first kappa shape index (κ1) is 17.4. The third kappa shape index (κ3) is 3.48. The molecule has 3 rings (SSSR count). The Labute approximate surface area is 144 Å². The second kappa shape index (κ2) is 7.64. The molecule has 1 N–H and O–H groups in total. The number of carbonyl (C=O) groups is 1. The summed E-state index contributed by atoms with van der Waals surface area (Å²) in [7, 11) is 2.00. The number of piperidine rings is 1. The fourth-order valence-electron chi connectivity index (χ4n) is 3.94. The van der Waals surface area contributed by atoms with Gasteiger partial charge in [-0.3, -0.25) is 9.69 Å². The third-order valence-corrected chi connectivity index (χ3v) is 5.65. The van der Waals surface area contributed by atoms with Crippen molar-refractivity contribution in [3.05, 3.63) is 35.9 Å². The number of rotatable bonds is 5. The number of benzene rings is 1. The maximum absolute atomic E-state index is 13.0. The molecule has 24 heavy (non-hydrogen) atoms. The van der Waals surface area contributed by atoms with E-state index in [2.05, 4.69) is 17.0 Å². The van der Waals surface area contributed by atoms with Gasteiger partial charge in [0.1, 0.15) is 0 Å². The second-order valence-corrected chi connectivity index (χ2v) is 7.01. The Bertz CT molecular complexity index is 543. The predicted octanol–water partition coefficient (Wildman–Crippen LogP) is 1.65. The monoisotopic (exact) mass is 332 g/mol. The van der Waals surface area contributed by atoms with Crippen LogP contribution in [0.4, 0.5) is 0 Å². The van der Waals surface area contributed by atoms with E-state index in [0.717, 1.165) is 37.8 Å². The highest BCUT2D eigenvalue weighted by atomic mass is 16.5. The van der Waals surface area contributed by atoms with Gasteiger partial charge in [0.25, 0.3) is 0 Å². The summed E-state index contributed by atoms with van der Waals surface area (Å²) in [4.78, 5) is 17.1. The van der Waals surface area contributed by atoms with E-state index in [4.69, 9.17) is 4.74 Å². The van der Waals surface area contributed by atoms with Gasteiger partial charge in [0.15, 0.2) is 0 Å². The van der Waals surface area contributed by atoms with Crippen molar-refractivity contribution in [2.24, 2.45) is 0 Å². The molecule has 5 heteroatoms. The van der Waals surface area contributed by atoms with Crippen molar-refractivity contribution >= 4 is 5.91 Å². The molecule has 2 aliphatic heterocycles. The number of ether oxygens (including phenoxy) is 1.